The predicted octanol–water partition coefficient (Wildman–Crippen LogP) is 18.6. The lowest BCUT2D eigenvalue weighted by molar-refractivity contribution is -0.143. The normalized spacial score (nSPS) is 12.7. The second-order valence-corrected chi connectivity index (χ2v) is 20.7. The van der Waals surface area contributed by atoms with Crippen LogP contribution in [0.25, 0.3) is 0 Å². The van der Waals surface area contributed by atoms with Gasteiger partial charge >= 0.3 is 5.97 Å². The molecular formula is C61H117NO5. The molecule has 0 aliphatic heterocycles. The van der Waals surface area contributed by atoms with Crippen molar-refractivity contribution in [3.63, 3.8) is 0 Å². The van der Waals surface area contributed by atoms with Crippen molar-refractivity contribution in [2.45, 2.75) is 341 Å². The lowest BCUT2D eigenvalue weighted by Gasteiger charge is -2.22. The Morgan fingerprint density at radius 3 is 1.16 bits per heavy atom. The number of ether oxygens (including phenoxy) is 1. The predicted molar refractivity (Wildman–Crippen MR) is 292 cm³/mol. The van der Waals surface area contributed by atoms with Crippen molar-refractivity contribution in [1.29, 1.82) is 0 Å². The summed E-state index contributed by atoms with van der Waals surface area (Å²) < 4.78 is 5.48. The van der Waals surface area contributed by atoms with E-state index in [1.165, 1.54) is 238 Å². The van der Waals surface area contributed by atoms with Gasteiger partial charge in [0.05, 0.1) is 25.4 Å². The van der Waals surface area contributed by atoms with E-state index in [-0.39, 0.29) is 18.5 Å². The summed E-state index contributed by atoms with van der Waals surface area (Å²) in [6.07, 6.45) is 68.8. The van der Waals surface area contributed by atoms with Crippen molar-refractivity contribution in [2.24, 2.45) is 0 Å². The first-order valence-electron chi connectivity index (χ1n) is 30.1. The third kappa shape index (κ3) is 53.5. The average molecular weight is 945 g/mol. The molecule has 0 fully saturated rings. The van der Waals surface area contributed by atoms with Crippen LogP contribution < -0.4 is 5.32 Å². The van der Waals surface area contributed by atoms with Crippen LogP contribution in [0.15, 0.2) is 24.3 Å². The van der Waals surface area contributed by atoms with Gasteiger partial charge < -0.3 is 20.3 Å². The van der Waals surface area contributed by atoms with Crippen LogP contribution in [0.3, 0.4) is 0 Å². The highest BCUT2D eigenvalue weighted by Crippen LogP contribution is 2.18. The lowest BCUT2D eigenvalue weighted by atomic mass is 10.0. The summed E-state index contributed by atoms with van der Waals surface area (Å²) in [6.45, 7) is 4.93. The minimum Gasteiger partial charge on any atom is -0.466 e. The third-order valence-corrected chi connectivity index (χ3v) is 14.0. The summed E-state index contributed by atoms with van der Waals surface area (Å²) >= 11 is 0. The number of hydrogen-bond donors (Lipinski definition) is 3. The van der Waals surface area contributed by atoms with Gasteiger partial charge in [0, 0.05) is 12.8 Å². The zero-order valence-corrected chi connectivity index (χ0v) is 45.1. The topological polar surface area (TPSA) is 95.9 Å². The second kappa shape index (κ2) is 56.9. The summed E-state index contributed by atoms with van der Waals surface area (Å²) in [5.41, 5.74) is 0. The van der Waals surface area contributed by atoms with Gasteiger partial charge in [0.15, 0.2) is 0 Å². The molecule has 0 rings (SSSR count). The Labute approximate surface area is 418 Å². The number of hydrogen-bond acceptors (Lipinski definition) is 5. The molecule has 6 heteroatoms. The van der Waals surface area contributed by atoms with Crippen molar-refractivity contribution in [2.75, 3.05) is 13.2 Å². The van der Waals surface area contributed by atoms with Crippen molar-refractivity contribution < 1.29 is 24.5 Å². The molecule has 0 saturated heterocycles. The molecule has 0 heterocycles. The molecule has 0 saturated carbocycles. The van der Waals surface area contributed by atoms with Gasteiger partial charge in [-0.15, -0.1) is 0 Å². The van der Waals surface area contributed by atoms with E-state index in [9.17, 15) is 19.8 Å². The molecule has 2 unspecified atom stereocenters. The molecule has 0 aliphatic carbocycles. The minimum atomic E-state index is -0.671. The van der Waals surface area contributed by atoms with E-state index < -0.39 is 12.1 Å². The van der Waals surface area contributed by atoms with E-state index in [0.29, 0.717) is 25.9 Å². The number of rotatable bonds is 56. The SMILES string of the molecule is CCCCC/C=C\C/C=C\CCCCCCCCCC(=O)OCCCCCCCCCCCCCCCCCC(=O)NC(CO)C(O)CCCCCCCCCCCCCCCCCCCC. The fourth-order valence-electron chi connectivity index (χ4n) is 9.38. The molecule has 396 valence electrons. The van der Waals surface area contributed by atoms with Gasteiger partial charge in [-0.05, 0) is 57.8 Å². The number of carbonyl (C=O) groups excluding carboxylic acids is 2. The number of carbonyl (C=O) groups is 2. The van der Waals surface area contributed by atoms with Crippen LogP contribution in [-0.4, -0.2) is 47.4 Å². The molecule has 0 spiro atoms. The van der Waals surface area contributed by atoms with Crippen LogP contribution in [0, 0.1) is 0 Å². The first-order chi connectivity index (χ1) is 33.0. The van der Waals surface area contributed by atoms with Crippen molar-refractivity contribution in [3.05, 3.63) is 24.3 Å². The van der Waals surface area contributed by atoms with E-state index in [4.69, 9.17) is 4.74 Å². The van der Waals surface area contributed by atoms with Gasteiger partial charge in [0.25, 0.3) is 0 Å². The fraction of sp³-hybridized carbons (Fsp3) is 0.902. The summed E-state index contributed by atoms with van der Waals surface area (Å²) in [4.78, 5) is 24.6. The van der Waals surface area contributed by atoms with E-state index in [0.717, 1.165) is 57.8 Å². The molecule has 2 atom stereocenters. The molecule has 1 amide bonds. The zero-order valence-electron chi connectivity index (χ0n) is 45.1. The molecule has 0 aromatic rings. The number of amides is 1. The first-order valence-corrected chi connectivity index (χ1v) is 30.1. The van der Waals surface area contributed by atoms with Gasteiger partial charge in [-0.25, -0.2) is 0 Å². The summed E-state index contributed by atoms with van der Waals surface area (Å²) in [5, 5.41) is 23.3. The van der Waals surface area contributed by atoms with Crippen LogP contribution in [0.2, 0.25) is 0 Å². The van der Waals surface area contributed by atoms with Crippen LogP contribution in [0.5, 0.6) is 0 Å². The van der Waals surface area contributed by atoms with E-state index in [2.05, 4.69) is 43.5 Å². The smallest absolute Gasteiger partial charge is 0.305 e. The molecule has 0 bridgehead atoms. The molecular weight excluding hydrogens is 827 g/mol. The number of nitrogens with one attached hydrogen (secondary N) is 1. The Hall–Kier alpha value is -1.66. The van der Waals surface area contributed by atoms with Crippen molar-refractivity contribution in [1.82, 2.24) is 5.32 Å². The Morgan fingerprint density at radius 1 is 0.418 bits per heavy atom. The van der Waals surface area contributed by atoms with Crippen LogP contribution in [0.4, 0.5) is 0 Å². The van der Waals surface area contributed by atoms with Crippen molar-refractivity contribution in [3.8, 4) is 0 Å². The number of allylic oxidation sites excluding steroid dienone is 4. The summed E-state index contributed by atoms with van der Waals surface area (Å²) in [5.74, 6) is -0.0476. The molecule has 0 aliphatic rings. The van der Waals surface area contributed by atoms with E-state index >= 15 is 0 Å². The largest absolute Gasteiger partial charge is 0.466 e. The van der Waals surface area contributed by atoms with Gasteiger partial charge in [0.2, 0.25) is 5.91 Å². The summed E-state index contributed by atoms with van der Waals surface area (Å²) in [7, 11) is 0. The Kier molecular flexibility index (Phi) is 55.5. The fourth-order valence-corrected chi connectivity index (χ4v) is 9.38. The molecule has 6 nitrogen and oxygen atoms in total. The molecule has 0 aromatic heterocycles. The standard InChI is InChI=1S/C61H117NO5/c1-3-5-7-9-11-13-15-17-19-21-23-25-29-33-37-41-45-49-53-59(64)58(57-63)62-60(65)54-50-46-42-38-34-30-26-24-28-32-36-40-44-48-52-56-67-61(66)55-51-47-43-39-35-31-27-22-20-18-16-14-12-10-8-6-4-2/h12,14,18,20,58-59,63-64H,3-11,13,15-17,19,21-57H2,1-2H3,(H,62,65)/b14-12-,20-18-. The monoisotopic (exact) mass is 944 g/mol. The lowest BCUT2D eigenvalue weighted by Crippen LogP contribution is -2.45. The number of aliphatic hydroxyl groups is 2. The molecule has 3 N–H and O–H groups in total. The third-order valence-electron chi connectivity index (χ3n) is 14.0. The van der Waals surface area contributed by atoms with Crippen LogP contribution in [0.1, 0.15) is 328 Å². The highest BCUT2D eigenvalue weighted by atomic mass is 16.5. The number of unbranched alkanes of at least 4 members (excludes halogenated alkanes) is 41. The minimum absolute atomic E-state index is 0.00640. The van der Waals surface area contributed by atoms with Gasteiger partial charge in [-0.3, -0.25) is 9.59 Å². The highest BCUT2D eigenvalue weighted by molar-refractivity contribution is 5.76. The highest BCUT2D eigenvalue weighted by Gasteiger charge is 2.20. The Balaban J connectivity index is 3.43. The van der Waals surface area contributed by atoms with Crippen molar-refractivity contribution >= 4 is 11.9 Å². The number of aliphatic hydroxyl groups excluding tert-OH is 2. The van der Waals surface area contributed by atoms with E-state index in [1.807, 2.05) is 0 Å². The van der Waals surface area contributed by atoms with E-state index in [1.54, 1.807) is 0 Å². The van der Waals surface area contributed by atoms with Gasteiger partial charge in [0.1, 0.15) is 0 Å². The maximum atomic E-state index is 12.5. The maximum Gasteiger partial charge on any atom is 0.305 e. The molecule has 0 aromatic carbocycles. The first kappa shape index (κ1) is 65.3. The molecule has 0 radical (unpaired) electrons. The summed E-state index contributed by atoms with van der Waals surface area (Å²) in [6, 6.07) is -0.549. The van der Waals surface area contributed by atoms with Gasteiger partial charge in [-0.2, -0.15) is 0 Å². The Bertz CT molecular complexity index is 1040. The van der Waals surface area contributed by atoms with Crippen LogP contribution >= 0.6 is 0 Å². The number of esters is 1. The average Bonchev–Trinajstić information content (AvgIpc) is 3.33. The quantitative estimate of drug-likeness (QED) is 0.0321. The Morgan fingerprint density at radius 2 is 0.746 bits per heavy atom. The molecule has 67 heavy (non-hydrogen) atoms. The van der Waals surface area contributed by atoms with Crippen LogP contribution in [-0.2, 0) is 14.3 Å². The second-order valence-electron chi connectivity index (χ2n) is 20.7. The van der Waals surface area contributed by atoms with Gasteiger partial charge in [-0.1, -0.05) is 282 Å². The zero-order chi connectivity index (χ0) is 48.6. The maximum absolute atomic E-state index is 12.5.